The van der Waals surface area contributed by atoms with E-state index in [1.165, 1.54) is 6.08 Å². The first-order valence-corrected chi connectivity index (χ1v) is 10.5. The number of carboxylic acids is 1. The molecular formula is C23H25BrN2O4. The van der Waals surface area contributed by atoms with Crippen molar-refractivity contribution in [2.24, 2.45) is 0 Å². The number of amides is 2. The molecule has 3 N–H and O–H groups in total. The summed E-state index contributed by atoms with van der Waals surface area (Å²) in [5.74, 6) is -2.21. The van der Waals surface area contributed by atoms with Crippen LogP contribution in [0.5, 0.6) is 0 Å². The van der Waals surface area contributed by atoms with E-state index in [0.29, 0.717) is 24.0 Å². The van der Waals surface area contributed by atoms with Crippen molar-refractivity contribution >= 4 is 39.8 Å². The summed E-state index contributed by atoms with van der Waals surface area (Å²) in [5, 5.41) is 14.5. The van der Waals surface area contributed by atoms with E-state index in [-0.39, 0.29) is 5.70 Å². The van der Waals surface area contributed by atoms with Crippen LogP contribution in [-0.4, -0.2) is 28.9 Å². The highest BCUT2D eigenvalue weighted by Gasteiger charge is 2.22. The molecule has 2 amide bonds. The van der Waals surface area contributed by atoms with Gasteiger partial charge < -0.3 is 15.7 Å². The molecule has 0 saturated heterocycles. The SMILES string of the molecule is CCCC[C@H](NC(=O)/C(=C\c1ccc(Br)cc1)NC(=O)c1ccc(C)cc1)C(=O)O. The summed E-state index contributed by atoms with van der Waals surface area (Å²) in [7, 11) is 0. The van der Waals surface area contributed by atoms with Gasteiger partial charge in [-0.3, -0.25) is 9.59 Å². The Labute approximate surface area is 184 Å². The third-order valence-electron chi connectivity index (χ3n) is 4.44. The molecule has 0 heterocycles. The molecule has 1 atom stereocenters. The van der Waals surface area contributed by atoms with Gasteiger partial charge in [-0.2, -0.15) is 0 Å². The lowest BCUT2D eigenvalue weighted by Gasteiger charge is -2.16. The lowest BCUT2D eigenvalue weighted by atomic mass is 10.1. The van der Waals surface area contributed by atoms with Crippen molar-refractivity contribution in [1.82, 2.24) is 10.6 Å². The molecule has 0 saturated carbocycles. The van der Waals surface area contributed by atoms with Crippen LogP contribution in [0.25, 0.3) is 6.08 Å². The minimum Gasteiger partial charge on any atom is -0.480 e. The predicted molar refractivity (Wildman–Crippen MR) is 120 cm³/mol. The monoisotopic (exact) mass is 472 g/mol. The van der Waals surface area contributed by atoms with Gasteiger partial charge in [-0.05, 0) is 49.2 Å². The number of rotatable bonds is 9. The van der Waals surface area contributed by atoms with Crippen molar-refractivity contribution in [3.8, 4) is 0 Å². The van der Waals surface area contributed by atoms with Crippen LogP contribution in [0.2, 0.25) is 0 Å². The van der Waals surface area contributed by atoms with Gasteiger partial charge in [0.05, 0.1) is 0 Å². The van der Waals surface area contributed by atoms with Gasteiger partial charge in [-0.1, -0.05) is 65.5 Å². The fourth-order valence-corrected chi connectivity index (χ4v) is 2.95. The Bertz CT molecular complexity index is 921. The molecular weight excluding hydrogens is 448 g/mol. The summed E-state index contributed by atoms with van der Waals surface area (Å²) in [6.07, 6.45) is 3.31. The van der Waals surface area contributed by atoms with E-state index in [0.717, 1.165) is 16.5 Å². The number of aliphatic carboxylic acids is 1. The average molecular weight is 473 g/mol. The zero-order valence-corrected chi connectivity index (χ0v) is 18.5. The zero-order valence-electron chi connectivity index (χ0n) is 16.9. The molecule has 0 aliphatic rings. The number of unbranched alkanes of at least 4 members (excludes halogenated alkanes) is 1. The highest BCUT2D eigenvalue weighted by atomic mass is 79.9. The molecule has 0 unspecified atom stereocenters. The summed E-state index contributed by atoms with van der Waals surface area (Å²) >= 11 is 3.36. The van der Waals surface area contributed by atoms with Crippen LogP contribution in [0.15, 0.2) is 58.7 Å². The molecule has 0 aliphatic heterocycles. The zero-order chi connectivity index (χ0) is 22.1. The molecule has 0 aliphatic carbocycles. The van der Waals surface area contributed by atoms with E-state index in [2.05, 4.69) is 26.6 Å². The Morgan fingerprint density at radius 1 is 1.07 bits per heavy atom. The summed E-state index contributed by atoms with van der Waals surface area (Å²) in [6.45, 7) is 3.86. The minimum absolute atomic E-state index is 0.0226. The van der Waals surface area contributed by atoms with Gasteiger partial charge in [0.1, 0.15) is 11.7 Å². The van der Waals surface area contributed by atoms with E-state index in [1.807, 2.05) is 26.0 Å². The van der Waals surface area contributed by atoms with Gasteiger partial charge in [0, 0.05) is 10.0 Å². The molecule has 2 aromatic rings. The van der Waals surface area contributed by atoms with E-state index >= 15 is 0 Å². The number of nitrogens with one attached hydrogen (secondary N) is 2. The Kier molecular flexibility index (Phi) is 8.80. The Morgan fingerprint density at radius 3 is 2.27 bits per heavy atom. The fourth-order valence-electron chi connectivity index (χ4n) is 2.69. The number of hydrogen-bond donors (Lipinski definition) is 3. The normalized spacial score (nSPS) is 12.2. The van der Waals surface area contributed by atoms with Crippen molar-refractivity contribution in [3.63, 3.8) is 0 Å². The maximum atomic E-state index is 12.8. The van der Waals surface area contributed by atoms with Crippen molar-refractivity contribution in [2.45, 2.75) is 39.2 Å². The second kappa shape index (κ2) is 11.3. The third kappa shape index (κ3) is 7.15. The molecule has 2 rings (SSSR count). The van der Waals surface area contributed by atoms with E-state index in [4.69, 9.17) is 0 Å². The van der Waals surface area contributed by atoms with Gasteiger partial charge in [-0.25, -0.2) is 4.79 Å². The van der Waals surface area contributed by atoms with E-state index in [9.17, 15) is 19.5 Å². The van der Waals surface area contributed by atoms with Crippen LogP contribution in [-0.2, 0) is 9.59 Å². The highest BCUT2D eigenvalue weighted by Crippen LogP contribution is 2.14. The molecule has 0 spiro atoms. The minimum atomic E-state index is -1.11. The number of hydrogen-bond acceptors (Lipinski definition) is 3. The van der Waals surface area contributed by atoms with Crippen LogP contribution in [0, 0.1) is 6.92 Å². The van der Waals surface area contributed by atoms with Gasteiger partial charge in [0.2, 0.25) is 0 Å². The molecule has 30 heavy (non-hydrogen) atoms. The standard InChI is InChI=1S/C23H25BrN2O4/c1-3-4-5-19(23(29)30)25-22(28)20(14-16-8-12-18(24)13-9-16)26-21(27)17-10-6-15(2)7-11-17/h6-14,19H,3-5H2,1-2H3,(H,25,28)(H,26,27)(H,29,30)/b20-14+/t19-/m0/s1. The van der Waals surface area contributed by atoms with E-state index < -0.39 is 23.8 Å². The molecule has 0 radical (unpaired) electrons. The number of carbonyl (C=O) groups is 3. The van der Waals surface area contributed by atoms with Gasteiger partial charge in [0.25, 0.3) is 11.8 Å². The lowest BCUT2D eigenvalue weighted by molar-refractivity contribution is -0.141. The summed E-state index contributed by atoms with van der Waals surface area (Å²) in [6, 6.07) is 13.1. The number of benzene rings is 2. The number of aryl methyl sites for hydroxylation is 1. The maximum absolute atomic E-state index is 12.8. The van der Waals surface area contributed by atoms with Crippen molar-refractivity contribution in [1.29, 1.82) is 0 Å². The van der Waals surface area contributed by atoms with Crippen LogP contribution >= 0.6 is 15.9 Å². The topological polar surface area (TPSA) is 95.5 Å². The lowest BCUT2D eigenvalue weighted by Crippen LogP contribution is -2.44. The predicted octanol–water partition coefficient (Wildman–Crippen LogP) is 4.29. The largest absolute Gasteiger partial charge is 0.480 e. The summed E-state index contributed by atoms with van der Waals surface area (Å²) in [4.78, 5) is 37.0. The second-order valence-corrected chi connectivity index (χ2v) is 7.85. The van der Waals surface area contributed by atoms with Gasteiger partial charge >= 0.3 is 5.97 Å². The first-order valence-electron chi connectivity index (χ1n) is 9.69. The van der Waals surface area contributed by atoms with Gasteiger partial charge in [-0.15, -0.1) is 0 Å². The first-order chi connectivity index (χ1) is 14.3. The highest BCUT2D eigenvalue weighted by molar-refractivity contribution is 9.10. The van der Waals surface area contributed by atoms with Gasteiger partial charge in [0.15, 0.2) is 0 Å². The Balaban J connectivity index is 2.28. The number of carboxylic acid groups (broad SMARTS) is 1. The van der Waals surface area contributed by atoms with Crippen LogP contribution in [0.1, 0.15) is 47.7 Å². The molecule has 0 aromatic heterocycles. The van der Waals surface area contributed by atoms with Crippen LogP contribution < -0.4 is 10.6 Å². The molecule has 0 bridgehead atoms. The molecule has 158 valence electrons. The smallest absolute Gasteiger partial charge is 0.326 e. The van der Waals surface area contributed by atoms with Crippen molar-refractivity contribution in [3.05, 3.63) is 75.4 Å². The average Bonchev–Trinajstić information content (AvgIpc) is 2.72. The first kappa shape index (κ1) is 23.3. The van der Waals surface area contributed by atoms with E-state index in [1.54, 1.807) is 36.4 Å². The summed E-state index contributed by atoms with van der Waals surface area (Å²) in [5.41, 5.74) is 2.07. The molecule has 0 fully saturated rings. The number of carbonyl (C=O) groups excluding carboxylic acids is 2. The van der Waals surface area contributed by atoms with Crippen molar-refractivity contribution in [2.75, 3.05) is 0 Å². The maximum Gasteiger partial charge on any atom is 0.326 e. The quantitative estimate of drug-likeness (QED) is 0.474. The van der Waals surface area contributed by atoms with Crippen LogP contribution in [0.3, 0.4) is 0 Å². The molecule has 7 heteroatoms. The Hall–Kier alpha value is -2.93. The third-order valence-corrected chi connectivity index (χ3v) is 4.97. The number of halogens is 1. The fraction of sp³-hybridized carbons (Fsp3) is 0.261. The molecule has 2 aromatic carbocycles. The van der Waals surface area contributed by atoms with Crippen molar-refractivity contribution < 1.29 is 19.5 Å². The Morgan fingerprint density at radius 2 is 1.70 bits per heavy atom. The second-order valence-electron chi connectivity index (χ2n) is 6.94. The molecule has 6 nitrogen and oxygen atoms in total. The summed E-state index contributed by atoms with van der Waals surface area (Å²) < 4.78 is 0.875. The van der Waals surface area contributed by atoms with Crippen LogP contribution in [0.4, 0.5) is 0 Å².